The van der Waals surface area contributed by atoms with Crippen molar-refractivity contribution in [2.75, 3.05) is 4.90 Å². The quantitative estimate of drug-likeness (QED) is 0.675. The lowest BCUT2D eigenvalue weighted by atomic mass is 9.76. The number of rotatable bonds is 2. The lowest BCUT2D eigenvalue weighted by Crippen LogP contribution is -2.40. The summed E-state index contributed by atoms with van der Waals surface area (Å²) in [5.74, 6) is 0.126. The number of allylic oxidation sites excluding steroid dienone is 2. The van der Waals surface area contributed by atoms with E-state index in [4.69, 9.17) is 0 Å². The maximum Gasteiger partial charge on any atom is 0.232 e. The number of benzene rings is 2. The molecule has 1 unspecified atom stereocenters. The normalized spacial score (nSPS) is 20.4. The summed E-state index contributed by atoms with van der Waals surface area (Å²) in [5, 5.41) is 0. The molecule has 1 aliphatic carbocycles. The number of anilines is 1. The zero-order valence-electron chi connectivity index (χ0n) is 14.7. The highest BCUT2D eigenvalue weighted by Crippen LogP contribution is 2.44. The molecule has 2 aromatic rings. The van der Waals surface area contributed by atoms with Gasteiger partial charge in [-0.05, 0) is 55.2 Å². The predicted octanol–water partition coefficient (Wildman–Crippen LogP) is 5.29. The Kier molecular flexibility index (Phi) is 4.53. The van der Waals surface area contributed by atoms with Crippen LogP contribution in [0, 0.1) is 6.92 Å². The van der Waals surface area contributed by atoms with E-state index >= 15 is 0 Å². The molecule has 0 radical (unpaired) electrons. The van der Waals surface area contributed by atoms with Crippen LogP contribution in [0.3, 0.4) is 0 Å². The largest absolute Gasteiger partial charge is 0.294 e. The van der Waals surface area contributed by atoms with Gasteiger partial charge in [-0.1, -0.05) is 40.2 Å². The summed E-state index contributed by atoms with van der Waals surface area (Å²) in [7, 11) is 0. The lowest BCUT2D eigenvalue weighted by molar-refractivity contribution is -0.119. The third kappa shape index (κ3) is 2.92. The van der Waals surface area contributed by atoms with Crippen molar-refractivity contribution in [3.63, 3.8) is 0 Å². The van der Waals surface area contributed by atoms with Gasteiger partial charge in [-0.3, -0.25) is 14.5 Å². The average Bonchev–Trinajstić information content (AvgIpc) is 2.63. The number of carbonyl (C=O) groups excluding carboxylic acids is 2. The van der Waals surface area contributed by atoms with Crippen LogP contribution in [-0.2, 0) is 9.59 Å². The SMILES string of the molecule is Cc1ccccc1C1CC(=O)N(c2ccc(Br)cc2)C2=C1C(=O)CCC2. The Hall–Kier alpha value is -2.20. The highest BCUT2D eigenvalue weighted by atomic mass is 79.9. The number of amides is 1. The van der Waals surface area contributed by atoms with Crippen LogP contribution in [0.2, 0.25) is 0 Å². The predicted molar refractivity (Wildman–Crippen MR) is 106 cm³/mol. The fraction of sp³-hybridized carbons (Fsp3) is 0.273. The van der Waals surface area contributed by atoms with Gasteiger partial charge >= 0.3 is 0 Å². The molecule has 26 heavy (non-hydrogen) atoms. The van der Waals surface area contributed by atoms with Crippen LogP contribution >= 0.6 is 15.9 Å². The van der Waals surface area contributed by atoms with E-state index < -0.39 is 0 Å². The van der Waals surface area contributed by atoms with Crippen molar-refractivity contribution in [1.29, 1.82) is 0 Å². The minimum absolute atomic E-state index is 0.0639. The smallest absolute Gasteiger partial charge is 0.232 e. The molecule has 1 heterocycles. The molecule has 0 aromatic heterocycles. The molecule has 0 saturated carbocycles. The number of hydrogen-bond acceptors (Lipinski definition) is 2. The first-order chi connectivity index (χ1) is 12.6. The van der Waals surface area contributed by atoms with Crippen molar-refractivity contribution in [3.8, 4) is 0 Å². The Morgan fingerprint density at radius 1 is 1.00 bits per heavy atom. The van der Waals surface area contributed by atoms with Gasteiger partial charge in [0.05, 0.1) is 0 Å². The van der Waals surface area contributed by atoms with Crippen LogP contribution in [0.15, 0.2) is 64.3 Å². The van der Waals surface area contributed by atoms with E-state index in [0.29, 0.717) is 12.8 Å². The molecule has 2 aliphatic rings. The molecular weight excluding hydrogens is 390 g/mol. The molecule has 0 fully saturated rings. The third-order valence-corrected chi connectivity index (χ3v) is 5.85. The molecule has 132 valence electrons. The zero-order valence-corrected chi connectivity index (χ0v) is 16.3. The van der Waals surface area contributed by atoms with Gasteiger partial charge in [0.25, 0.3) is 0 Å². The van der Waals surface area contributed by atoms with Crippen LogP contribution in [0.25, 0.3) is 0 Å². The van der Waals surface area contributed by atoms with Gasteiger partial charge in [0.2, 0.25) is 5.91 Å². The first-order valence-electron chi connectivity index (χ1n) is 8.96. The number of Topliss-reactive ketones (excluding diaryl/α,β-unsaturated/α-hetero) is 1. The zero-order chi connectivity index (χ0) is 18.3. The van der Waals surface area contributed by atoms with E-state index in [1.165, 1.54) is 0 Å². The molecule has 0 N–H and O–H groups in total. The molecule has 1 amide bonds. The number of aryl methyl sites for hydroxylation is 1. The van der Waals surface area contributed by atoms with Crippen LogP contribution in [0.4, 0.5) is 5.69 Å². The fourth-order valence-corrected chi connectivity index (χ4v) is 4.39. The number of ketones is 1. The van der Waals surface area contributed by atoms with Gasteiger partial charge in [-0.15, -0.1) is 0 Å². The van der Waals surface area contributed by atoms with Crippen molar-refractivity contribution >= 4 is 33.3 Å². The summed E-state index contributed by atoms with van der Waals surface area (Å²) in [6, 6.07) is 15.8. The second kappa shape index (κ2) is 6.84. The summed E-state index contributed by atoms with van der Waals surface area (Å²) in [5.41, 5.74) is 4.80. The van der Waals surface area contributed by atoms with Crippen molar-refractivity contribution < 1.29 is 9.59 Å². The van der Waals surface area contributed by atoms with E-state index in [9.17, 15) is 9.59 Å². The first kappa shape index (κ1) is 17.2. The maximum absolute atomic E-state index is 13.1. The number of halogens is 1. The van der Waals surface area contributed by atoms with E-state index in [1.807, 2.05) is 36.4 Å². The number of hydrogen-bond donors (Lipinski definition) is 0. The van der Waals surface area contributed by atoms with Gasteiger partial charge < -0.3 is 0 Å². The Balaban J connectivity index is 1.87. The monoisotopic (exact) mass is 409 g/mol. The van der Waals surface area contributed by atoms with Crippen LogP contribution in [-0.4, -0.2) is 11.7 Å². The highest BCUT2D eigenvalue weighted by Gasteiger charge is 2.39. The topological polar surface area (TPSA) is 37.4 Å². The highest BCUT2D eigenvalue weighted by molar-refractivity contribution is 9.10. The molecular formula is C22H20BrNO2. The lowest BCUT2D eigenvalue weighted by Gasteiger charge is -2.38. The number of nitrogens with zero attached hydrogens (tertiary/aromatic N) is 1. The fourth-order valence-electron chi connectivity index (χ4n) is 4.13. The molecule has 4 rings (SSSR count). The molecule has 0 spiro atoms. The summed E-state index contributed by atoms with van der Waals surface area (Å²) in [4.78, 5) is 27.7. The second-order valence-corrected chi connectivity index (χ2v) is 7.87. The molecule has 1 atom stereocenters. The molecule has 3 nitrogen and oxygen atoms in total. The van der Waals surface area contributed by atoms with Crippen LogP contribution in [0.5, 0.6) is 0 Å². The van der Waals surface area contributed by atoms with Gasteiger partial charge in [0.1, 0.15) is 0 Å². The molecule has 4 heteroatoms. The third-order valence-electron chi connectivity index (χ3n) is 5.32. The van der Waals surface area contributed by atoms with Crippen molar-refractivity contribution in [1.82, 2.24) is 0 Å². The Bertz CT molecular complexity index is 914. The van der Waals surface area contributed by atoms with Crippen molar-refractivity contribution in [2.45, 2.75) is 38.5 Å². The summed E-state index contributed by atoms with van der Waals surface area (Å²) in [6.07, 6.45) is 2.48. The average molecular weight is 410 g/mol. The Labute approximate surface area is 161 Å². The van der Waals surface area contributed by atoms with E-state index in [2.05, 4.69) is 35.0 Å². The summed E-state index contributed by atoms with van der Waals surface area (Å²) < 4.78 is 0.970. The summed E-state index contributed by atoms with van der Waals surface area (Å²) in [6.45, 7) is 2.05. The van der Waals surface area contributed by atoms with E-state index in [1.54, 1.807) is 4.90 Å². The van der Waals surface area contributed by atoms with Crippen LogP contribution < -0.4 is 4.90 Å². The molecule has 0 bridgehead atoms. The minimum Gasteiger partial charge on any atom is -0.294 e. The molecule has 0 saturated heterocycles. The standard InChI is InChI=1S/C22H20BrNO2/c1-14-5-2-3-6-17(14)18-13-21(26)24(16-11-9-15(23)10-12-16)19-7-4-8-20(25)22(18)19/h2-3,5-6,9-12,18H,4,7-8,13H2,1H3. The maximum atomic E-state index is 13.1. The summed E-state index contributed by atoms with van der Waals surface area (Å²) >= 11 is 3.44. The van der Waals surface area contributed by atoms with Gasteiger partial charge in [-0.2, -0.15) is 0 Å². The number of carbonyl (C=O) groups is 2. The Morgan fingerprint density at radius 2 is 1.73 bits per heavy atom. The van der Waals surface area contributed by atoms with Gasteiger partial charge in [0.15, 0.2) is 5.78 Å². The first-order valence-corrected chi connectivity index (χ1v) is 9.76. The second-order valence-electron chi connectivity index (χ2n) is 6.96. The van der Waals surface area contributed by atoms with Gasteiger partial charge in [0, 0.05) is 40.2 Å². The molecule has 2 aromatic carbocycles. The van der Waals surface area contributed by atoms with Crippen molar-refractivity contribution in [2.24, 2.45) is 0 Å². The van der Waals surface area contributed by atoms with Crippen LogP contribution in [0.1, 0.15) is 42.7 Å². The molecule has 1 aliphatic heterocycles. The van der Waals surface area contributed by atoms with E-state index in [0.717, 1.165) is 45.4 Å². The van der Waals surface area contributed by atoms with Crippen molar-refractivity contribution in [3.05, 3.63) is 75.4 Å². The van der Waals surface area contributed by atoms with E-state index in [-0.39, 0.29) is 17.6 Å². The van der Waals surface area contributed by atoms with Gasteiger partial charge in [-0.25, -0.2) is 0 Å². The minimum atomic E-state index is -0.127. The Morgan fingerprint density at radius 3 is 2.46 bits per heavy atom.